The number of carboxylic acids is 1. The Bertz CT molecular complexity index is 506. The smallest absolute Gasteiger partial charge is 0.337 e. The second-order valence-corrected chi connectivity index (χ2v) is 5.16. The Morgan fingerprint density at radius 3 is 2.32 bits per heavy atom. The lowest BCUT2D eigenvalue weighted by Crippen LogP contribution is -2.31. The average Bonchev–Trinajstić information content (AvgIpc) is 2.24. The molecule has 6 heteroatoms. The molecule has 104 valence electrons. The Hall–Kier alpha value is -2.08. The first-order valence-corrected chi connectivity index (χ1v) is 5.73. The van der Waals surface area contributed by atoms with Crippen molar-refractivity contribution in [2.45, 2.75) is 32.4 Å². The highest BCUT2D eigenvalue weighted by molar-refractivity contribution is 5.94. The summed E-state index contributed by atoms with van der Waals surface area (Å²) in [6.07, 6.45) is 0. The van der Waals surface area contributed by atoms with Gasteiger partial charge in [-0.1, -0.05) is 6.07 Å². The van der Waals surface area contributed by atoms with Gasteiger partial charge in [0.1, 0.15) is 11.6 Å². The molecule has 0 saturated carbocycles. The molecule has 0 saturated heterocycles. The molecule has 0 aliphatic heterocycles. The fourth-order valence-corrected chi connectivity index (χ4v) is 1.47. The lowest BCUT2D eigenvalue weighted by molar-refractivity contribution is -0.156. The average molecular weight is 266 g/mol. The highest BCUT2D eigenvalue weighted by Crippen LogP contribution is 2.21. The summed E-state index contributed by atoms with van der Waals surface area (Å²) in [6.45, 7) is 5.21. The van der Waals surface area contributed by atoms with E-state index in [1.165, 1.54) is 18.2 Å². The van der Waals surface area contributed by atoms with Crippen molar-refractivity contribution in [1.29, 1.82) is 0 Å². The number of carbonyl (C=O) groups is 2. The van der Waals surface area contributed by atoms with Crippen LogP contribution in [0.25, 0.3) is 0 Å². The minimum atomic E-state index is -1.13. The van der Waals surface area contributed by atoms with Crippen molar-refractivity contribution in [2.24, 2.45) is 5.73 Å². The van der Waals surface area contributed by atoms with Crippen molar-refractivity contribution in [3.05, 3.63) is 29.3 Å². The molecule has 1 aromatic carbocycles. The Kier molecular flexibility index (Phi) is 4.16. The minimum Gasteiger partial charge on any atom is -0.478 e. The molecule has 1 unspecified atom stereocenters. The van der Waals surface area contributed by atoms with Crippen LogP contribution in [0, 0.1) is 0 Å². The Balaban J connectivity index is 2.95. The third kappa shape index (κ3) is 3.96. The first-order chi connectivity index (χ1) is 8.61. The highest BCUT2D eigenvalue weighted by Gasteiger charge is 2.24. The number of esters is 1. The van der Waals surface area contributed by atoms with Gasteiger partial charge >= 0.3 is 11.9 Å². The summed E-state index contributed by atoms with van der Waals surface area (Å²) in [5.41, 5.74) is 11.2. The molecule has 0 fully saturated rings. The Labute approximate surface area is 111 Å². The van der Waals surface area contributed by atoms with Crippen molar-refractivity contribution < 1.29 is 19.4 Å². The van der Waals surface area contributed by atoms with E-state index in [1.54, 1.807) is 20.8 Å². The molecule has 1 atom stereocenters. The number of benzene rings is 1. The molecule has 0 radical (unpaired) electrons. The molecular formula is C13H18N2O4. The second kappa shape index (κ2) is 5.27. The van der Waals surface area contributed by atoms with Crippen molar-refractivity contribution >= 4 is 17.6 Å². The van der Waals surface area contributed by atoms with Gasteiger partial charge in [-0.05, 0) is 38.5 Å². The van der Waals surface area contributed by atoms with Crippen molar-refractivity contribution in [3.8, 4) is 0 Å². The third-order valence-corrected chi connectivity index (χ3v) is 2.33. The number of hydrogen-bond acceptors (Lipinski definition) is 5. The number of nitrogen functional groups attached to an aromatic ring is 1. The predicted octanol–water partition coefficient (Wildman–Crippen LogP) is 1.31. The normalized spacial score (nSPS) is 12.8. The molecule has 0 bridgehead atoms. The second-order valence-electron chi connectivity index (χ2n) is 5.16. The minimum absolute atomic E-state index is 0.0276. The summed E-state index contributed by atoms with van der Waals surface area (Å²) in [5, 5.41) is 8.85. The van der Waals surface area contributed by atoms with Gasteiger partial charge in [0, 0.05) is 5.69 Å². The summed E-state index contributed by atoms with van der Waals surface area (Å²) in [5.74, 6) is -1.72. The van der Waals surface area contributed by atoms with Crippen LogP contribution in [0.1, 0.15) is 42.7 Å². The number of ether oxygens (including phenoxy) is 1. The van der Waals surface area contributed by atoms with Gasteiger partial charge in [0.15, 0.2) is 0 Å². The Morgan fingerprint density at radius 1 is 1.32 bits per heavy atom. The molecule has 0 spiro atoms. The molecule has 6 nitrogen and oxygen atoms in total. The summed E-state index contributed by atoms with van der Waals surface area (Å²) >= 11 is 0. The SMILES string of the molecule is CC(C)(C)OC(=O)C(N)c1ccc(C(=O)O)c(N)c1. The van der Waals surface area contributed by atoms with E-state index in [1.807, 2.05) is 0 Å². The monoisotopic (exact) mass is 266 g/mol. The zero-order valence-electron chi connectivity index (χ0n) is 11.1. The Morgan fingerprint density at radius 2 is 1.89 bits per heavy atom. The van der Waals surface area contributed by atoms with Crippen LogP contribution in [0.15, 0.2) is 18.2 Å². The van der Waals surface area contributed by atoms with E-state index in [9.17, 15) is 9.59 Å². The number of hydrogen-bond donors (Lipinski definition) is 3. The lowest BCUT2D eigenvalue weighted by Gasteiger charge is -2.22. The molecule has 5 N–H and O–H groups in total. The van der Waals surface area contributed by atoms with Gasteiger partial charge in [0.25, 0.3) is 0 Å². The molecule has 0 aliphatic rings. The van der Waals surface area contributed by atoms with Gasteiger partial charge < -0.3 is 21.3 Å². The van der Waals surface area contributed by atoms with Gasteiger partial charge in [-0.3, -0.25) is 0 Å². The largest absolute Gasteiger partial charge is 0.478 e. The maximum absolute atomic E-state index is 11.8. The molecule has 0 heterocycles. The number of anilines is 1. The standard InChI is InChI=1S/C13H18N2O4/c1-13(2,3)19-12(18)10(15)7-4-5-8(11(16)17)9(14)6-7/h4-6,10H,14-15H2,1-3H3,(H,16,17). The fourth-order valence-electron chi connectivity index (χ4n) is 1.47. The van der Waals surface area contributed by atoms with Crippen LogP contribution in [0.3, 0.4) is 0 Å². The van der Waals surface area contributed by atoms with Crippen LogP contribution in [-0.4, -0.2) is 22.6 Å². The van der Waals surface area contributed by atoms with Crippen LogP contribution in [0.4, 0.5) is 5.69 Å². The van der Waals surface area contributed by atoms with E-state index in [2.05, 4.69) is 0 Å². The molecule has 0 aromatic heterocycles. The van der Waals surface area contributed by atoms with E-state index in [0.717, 1.165) is 0 Å². The summed E-state index contributed by atoms with van der Waals surface area (Å²) in [7, 11) is 0. The number of nitrogens with two attached hydrogens (primary N) is 2. The van der Waals surface area contributed by atoms with Crippen LogP contribution < -0.4 is 11.5 Å². The van der Waals surface area contributed by atoms with Gasteiger partial charge in [-0.15, -0.1) is 0 Å². The zero-order valence-corrected chi connectivity index (χ0v) is 11.1. The van der Waals surface area contributed by atoms with Gasteiger partial charge in [0.05, 0.1) is 5.56 Å². The van der Waals surface area contributed by atoms with E-state index >= 15 is 0 Å². The van der Waals surface area contributed by atoms with E-state index in [-0.39, 0.29) is 11.3 Å². The zero-order chi connectivity index (χ0) is 14.8. The van der Waals surface area contributed by atoms with Crippen molar-refractivity contribution in [1.82, 2.24) is 0 Å². The summed E-state index contributed by atoms with van der Waals surface area (Å²) in [4.78, 5) is 22.6. The number of carbonyl (C=O) groups excluding carboxylic acids is 1. The van der Waals surface area contributed by atoms with Gasteiger partial charge in [0.2, 0.25) is 0 Å². The van der Waals surface area contributed by atoms with Crippen LogP contribution in [0.2, 0.25) is 0 Å². The van der Waals surface area contributed by atoms with Crippen molar-refractivity contribution in [2.75, 3.05) is 5.73 Å². The van der Waals surface area contributed by atoms with Crippen LogP contribution in [0.5, 0.6) is 0 Å². The van der Waals surface area contributed by atoms with E-state index in [0.29, 0.717) is 5.56 Å². The van der Waals surface area contributed by atoms with Gasteiger partial charge in [-0.2, -0.15) is 0 Å². The maximum atomic E-state index is 11.8. The van der Waals surface area contributed by atoms with Crippen molar-refractivity contribution in [3.63, 3.8) is 0 Å². The quantitative estimate of drug-likeness (QED) is 0.561. The maximum Gasteiger partial charge on any atom is 0.337 e. The van der Waals surface area contributed by atoms with Crippen LogP contribution >= 0.6 is 0 Å². The molecule has 1 rings (SSSR count). The van der Waals surface area contributed by atoms with E-state index < -0.39 is 23.6 Å². The number of carboxylic acid groups (broad SMARTS) is 1. The summed E-state index contributed by atoms with van der Waals surface area (Å²) in [6, 6.07) is 3.15. The molecule has 0 aliphatic carbocycles. The highest BCUT2D eigenvalue weighted by atomic mass is 16.6. The molecule has 19 heavy (non-hydrogen) atoms. The molecule has 1 aromatic rings. The first kappa shape index (κ1) is 15.0. The van der Waals surface area contributed by atoms with Gasteiger partial charge in [-0.25, -0.2) is 9.59 Å². The third-order valence-electron chi connectivity index (χ3n) is 2.33. The lowest BCUT2D eigenvalue weighted by atomic mass is 10.0. The first-order valence-electron chi connectivity index (χ1n) is 5.73. The molecule has 0 amide bonds. The number of rotatable bonds is 3. The van der Waals surface area contributed by atoms with Crippen LogP contribution in [-0.2, 0) is 9.53 Å². The number of aromatic carboxylic acids is 1. The fraction of sp³-hybridized carbons (Fsp3) is 0.385. The molecular weight excluding hydrogens is 248 g/mol. The van der Waals surface area contributed by atoms with E-state index in [4.69, 9.17) is 21.3 Å². The summed E-state index contributed by atoms with van der Waals surface area (Å²) < 4.78 is 5.15. The predicted molar refractivity (Wildman–Crippen MR) is 70.6 cm³/mol. The topological polar surface area (TPSA) is 116 Å².